The predicted octanol–water partition coefficient (Wildman–Crippen LogP) is 6.94. The second-order valence-electron chi connectivity index (χ2n) is 9.34. The molecule has 5 heteroatoms. The Morgan fingerprint density at radius 2 is 1.44 bits per heavy atom. The van der Waals surface area contributed by atoms with Gasteiger partial charge < -0.3 is 10.8 Å². The molecule has 0 fully saturated rings. The quantitative estimate of drug-likeness (QED) is 0.107. The first-order valence-corrected chi connectivity index (χ1v) is 13.3. The number of nitrogens with zero attached hydrogens (tertiary/aromatic N) is 2. The summed E-state index contributed by atoms with van der Waals surface area (Å²) >= 11 is 0. The summed E-state index contributed by atoms with van der Waals surface area (Å²) in [4.78, 5) is 15.7. The normalized spacial score (nSPS) is 18.0. The van der Waals surface area contributed by atoms with E-state index in [0.717, 1.165) is 18.7 Å². The second kappa shape index (κ2) is 19.0. The van der Waals surface area contributed by atoms with Crippen molar-refractivity contribution in [3.63, 3.8) is 0 Å². The van der Waals surface area contributed by atoms with Gasteiger partial charge in [0.25, 0.3) is 0 Å². The lowest BCUT2D eigenvalue weighted by Gasteiger charge is -2.30. The minimum absolute atomic E-state index is 0.0408. The molecular formula is C27H50N3O2+. The first-order chi connectivity index (χ1) is 15.6. The zero-order chi connectivity index (χ0) is 23.3. The molecule has 3 N–H and O–H groups in total. The average molecular weight is 449 g/mol. The Hall–Kier alpha value is -1.46. The highest BCUT2D eigenvalue weighted by Crippen LogP contribution is 2.21. The zero-order valence-corrected chi connectivity index (χ0v) is 20.8. The number of carboxylic acids is 1. The van der Waals surface area contributed by atoms with Crippen LogP contribution in [-0.2, 0) is 4.79 Å². The lowest BCUT2D eigenvalue weighted by molar-refractivity contribution is -0.778. The van der Waals surface area contributed by atoms with Crippen molar-refractivity contribution < 1.29 is 14.4 Å². The summed E-state index contributed by atoms with van der Waals surface area (Å²) in [5.74, 6) is 0.157. The van der Waals surface area contributed by atoms with Crippen LogP contribution in [0.5, 0.6) is 0 Å². The number of nitrogens with two attached hydrogens (primary N) is 1. The summed E-state index contributed by atoms with van der Waals surface area (Å²) in [6, 6.07) is 0. The van der Waals surface area contributed by atoms with E-state index >= 15 is 0 Å². The van der Waals surface area contributed by atoms with Gasteiger partial charge in [-0.05, 0) is 32.1 Å². The van der Waals surface area contributed by atoms with E-state index in [2.05, 4.69) is 24.1 Å². The number of hydrogen-bond donors (Lipinski definition) is 2. The minimum Gasteiger partial charge on any atom is -0.477 e. The molecule has 1 rings (SSSR count). The predicted molar refractivity (Wildman–Crippen MR) is 137 cm³/mol. The molecule has 0 amide bonds. The van der Waals surface area contributed by atoms with E-state index in [1.165, 1.54) is 96.3 Å². The highest BCUT2D eigenvalue weighted by molar-refractivity contribution is 5.81. The molecule has 1 aliphatic heterocycles. The van der Waals surface area contributed by atoms with Crippen molar-refractivity contribution in [2.45, 2.75) is 116 Å². The molecule has 0 aromatic rings. The topological polar surface area (TPSA) is 75.7 Å². The van der Waals surface area contributed by atoms with Gasteiger partial charge in [0, 0.05) is 13.0 Å². The van der Waals surface area contributed by atoms with Gasteiger partial charge >= 0.3 is 5.97 Å². The Morgan fingerprint density at radius 1 is 0.906 bits per heavy atom. The van der Waals surface area contributed by atoms with Crippen LogP contribution >= 0.6 is 0 Å². The fourth-order valence-electron chi connectivity index (χ4n) is 4.52. The van der Waals surface area contributed by atoms with Crippen LogP contribution in [0.15, 0.2) is 29.5 Å². The fraction of sp³-hybridized carbons (Fsp3) is 0.778. The lowest BCUT2D eigenvalue weighted by Crippen LogP contribution is -2.52. The third-order valence-corrected chi connectivity index (χ3v) is 6.45. The molecule has 0 aromatic carbocycles. The van der Waals surface area contributed by atoms with Gasteiger partial charge in [-0.3, -0.25) is 0 Å². The van der Waals surface area contributed by atoms with E-state index in [4.69, 9.17) is 5.73 Å². The van der Waals surface area contributed by atoms with Crippen molar-refractivity contribution in [1.29, 1.82) is 0 Å². The summed E-state index contributed by atoms with van der Waals surface area (Å²) in [6.07, 6.45) is 30.3. The van der Waals surface area contributed by atoms with Crippen molar-refractivity contribution in [3.05, 3.63) is 24.6 Å². The van der Waals surface area contributed by atoms with Gasteiger partial charge in [-0.1, -0.05) is 89.7 Å². The molecule has 32 heavy (non-hydrogen) atoms. The summed E-state index contributed by atoms with van der Waals surface area (Å²) in [6.45, 7) is 3.38. The van der Waals surface area contributed by atoms with E-state index in [1.54, 1.807) is 6.20 Å². The Balaban J connectivity index is 1.96. The SMILES string of the molecule is CCCCCCCCCC/C=C/CCCCCCCCC1=NC=C[N+]1(CCN)CC(=O)O. The number of aliphatic carboxylic acids is 1. The molecule has 0 bridgehead atoms. The number of quaternary nitrogens is 1. The Kier molecular flexibility index (Phi) is 17.0. The van der Waals surface area contributed by atoms with E-state index in [1.807, 2.05) is 6.20 Å². The van der Waals surface area contributed by atoms with Gasteiger partial charge in [0.2, 0.25) is 5.84 Å². The summed E-state index contributed by atoms with van der Waals surface area (Å²) in [7, 11) is 0. The van der Waals surface area contributed by atoms with E-state index < -0.39 is 5.97 Å². The van der Waals surface area contributed by atoms with Gasteiger partial charge in [0.15, 0.2) is 6.54 Å². The van der Waals surface area contributed by atoms with Crippen LogP contribution in [0.1, 0.15) is 116 Å². The molecule has 0 saturated heterocycles. The maximum atomic E-state index is 11.3. The molecule has 0 spiro atoms. The van der Waals surface area contributed by atoms with Crippen LogP contribution in [0.4, 0.5) is 0 Å². The summed E-state index contributed by atoms with van der Waals surface area (Å²) in [5, 5.41) is 9.26. The summed E-state index contributed by atoms with van der Waals surface area (Å²) < 4.78 is 0.303. The fourth-order valence-corrected chi connectivity index (χ4v) is 4.52. The first kappa shape index (κ1) is 28.6. The molecule has 184 valence electrons. The number of carbonyl (C=O) groups is 1. The van der Waals surface area contributed by atoms with Gasteiger partial charge in [0.1, 0.15) is 12.7 Å². The first-order valence-electron chi connectivity index (χ1n) is 13.3. The molecule has 1 aliphatic rings. The van der Waals surface area contributed by atoms with Crippen molar-refractivity contribution in [2.24, 2.45) is 10.7 Å². The van der Waals surface area contributed by atoms with Crippen LogP contribution in [0.3, 0.4) is 0 Å². The van der Waals surface area contributed by atoms with E-state index in [-0.39, 0.29) is 6.54 Å². The highest BCUT2D eigenvalue weighted by Gasteiger charge is 2.36. The number of aliphatic imine (C=N–C) groups is 1. The number of carboxylic acid groups (broad SMARTS) is 1. The van der Waals surface area contributed by atoms with Crippen LogP contribution < -0.4 is 5.73 Å². The van der Waals surface area contributed by atoms with Crippen LogP contribution in [-0.4, -0.2) is 41.0 Å². The largest absolute Gasteiger partial charge is 0.477 e. The van der Waals surface area contributed by atoms with Gasteiger partial charge in [-0.25, -0.2) is 14.3 Å². The van der Waals surface area contributed by atoms with E-state index in [0.29, 0.717) is 17.6 Å². The molecule has 5 nitrogen and oxygen atoms in total. The third kappa shape index (κ3) is 13.2. The van der Waals surface area contributed by atoms with E-state index in [9.17, 15) is 9.90 Å². The maximum Gasteiger partial charge on any atom is 0.360 e. The molecule has 1 unspecified atom stereocenters. The number of hydrogen-bond acceptors (Lipinski definition) is 3. The Morgan fingerprint density at radius 3 is 1.97 bits per heavy atom. The molecule has 0 aliphatic carbocycles. The second-order valence-corrected chi connectivity index (χ2v) is 9.34. The maximum absolute atomic E-state index is 11.3. The average Bonchev–Trinajstić information content (AvgIpc) is 3.14. The van der Waals surface area contributed by atoms with Crippen molar-refractivity contribution in [2.75, 3.05) is 19.6 Å². The van der Waals surface area contributed by atoms with Gasteiger partial charge in [0.05, 0.1) is 6.20 Å². The highest BCUT2D eigenvalue weighted by atomic mass is 16.4. The standard InChI is InChI=1S/C27H49N3O2/c1-2-3-4-5-6-7-8-9-10-11-12-13-14-15-16-17-18-19-20-26-29-22-24-30(26,23-21-28)25-27(31)32/h11-12,22,24H,2-10,13-21,23,25,28H2,1H3/p+1/b12-11+. The molecule has 1 atom stereocenters. The Bertz CT molecular complexity index is 571. The zero-order valence-electron chi connectivity index (χ0n) is 20.8. The van der Waals surface area contributed by atoms with Gasteiger partial charge in [-0.2, -0.15) is 0 Å². The van der Waals surface area contributed by atoms with Crippen LogP contribution in [0, 0.1) is 0 Å². The van der Waals surface area contributed by atoms with Crippen LogP contribution in [0.2, 0.25) is 0 Å². The Labute approximate surface area is 197 Å². The molecule has 1 heterocycles. The van der Waals surface area contributed by atoms with Crippen molar-refractivity contribution in [1.82, 2.24) is 0 Å². The third-order valence-electron chi connectivity index (χ3n) is 6.45. The van der Waals surface area contributed by atoms with Crippen molar-refractivity contribution >= 4 is 11.8 Å². The monoisotopic (exact) mass is 448 g/mol. The smallest absolute Gasteiger partial charge is 0.360 e. The van der Waals surface area contributed by atoms with Gasteiger partial charge in [-0.15, -0.1) is 0 Å². The molecular weight excluding hydrogens is 398 g/mol. The molecule has 0 aromatic heterocycles. The molecule has 0 radical (unpaired) electrons. The number of allylic oxidation sites excluding steroid dienone is 2. The number of unbranched alkanes of at least 4 members (excludes halogenated alkanes) is 14. The lowest BCUT2D eigenvalue weighted by atomic mass is 10.1. The molecule has 0 saturated carbocycles. The summed E-state index contributed by atoms with van der Waals surface area (Å²) in [5.41, 5.74) is 5.73. The van der Waals surface area contributed by atoms with Crippen LogP contribution in [0.25, 0.3) is 0 Å². The minimum atomic E-state index is -0.801. The number of rotatable bonds is 22. The number of amidine groups is 1. The van der Waals surface area contributed by atoms with Crippen molar-refractivity contribution in [3.8, 4) is 0 Å².